The summed E-state index contributed by atoms with van der Waals surface area (Å²) in [7, 11) is 1.89. The Morgan fingerprint density at radius 2 is 2.12 bits per heavy atom. The van der Waals surface area contributed by atoms with E-state index < -0.39 is 0 Å². The molecule has 2 aromatic heterocycles. The molecule has 1 aromatic carbocycles. The minimum atomic E-state index is 0.618. The summed E-state index contributed by atoms with van der Waals surface area (Å²) >= 11 is 0. The molecule has 136 valence electrons. The Labute approximate surface area is 152 Å². The van der Waals surface area contributed by atoms with Gasteiger partial charge in [0.1, 0.15) is 5.69 Å². The Balaban J connectivity index is 1.51. The first kappa shape index (κ1) is 16.7. The molecule has 0 unspecified atom stereocenters. The van der Waals surface area contributed by atoms with Crippen molar-refractivity contribution >= 4 is 22.7 Å². The van der Waals surface area contributed by atoms with E-state index in [1.807, 2.05) is 37.5 Å². The highest BCUT2D eigenvalue weighted by Crippen LogP contribution is 2.27. The molecule has 26 heavy (non-hydrogen) atoms. The highest BCUT2D eigenvalue weighted by atomic mass is 16.5. The first-order valence-electron chi connectivity index (χ1n) is 8.80. The topological polar surface area (TPSA) is 94.1 Å². The molecule has 0 bridgehead atoms. The van der Waals surface area contributed by atoms with Crippen molar-refractivity contribution in [2.24, 2.45) is 7.05 Å². The molecular formula is C18H23N7O. The van der Waals surface area contributed by atoms with Gasteiger partial charge in [-0.05, 0) is 12.1 Å². The second kappa shape index (κ2) is 7.27. The number of aromatic nitrogens is 4. The summed E-state index contributed by atoms with van der Waals surface area (Å²) in [4.78, 5) is 11.5. The second-order valence-electron chi connectivity index (χ2n) is 6.41. The van der Waals surface area contributed by atoms with Crippen LogP contribution in [0, 0.1) is 0 Å². The summed E-state index contributed by atoms with van der Waals surface area (Å²) in [6.07, 6.45) is 1.82. The van der Waals surface area contributed by atoms with Crippen molar-refractivity contribution < 1.29 is 4.74 Å². The average Bonchev–Trinajstić information content (AvgIpc) is 2.99. The van der Waals surface area contributed by atoms with Crippen LogP contribution in [0.1, 0.15) is 0 Å². The van der Waals surface area contributed by atoms with Crippen LogP contribution < -0.4 is 11.1 Å². The molecule has 1 fully saturated rings. The zero-order valence-electron chi connectivity index (χ0n) is 14.9. The number of fused-ring (bicyclic) bond motifs is 1. The molecule has 1 saturated heterocycles. The van der Waals surface area contributed by atoms with Crippen LogP contribution in [-0.4, -0.2) is 64.0 Å². The van der Waals surface area contributed by atoms with Crippen molar-refractivity contribution in [3.05, 3.63) is 30.5 Å². The molecule has 8 nitrogen and oxygen atoms in total. The number of ether oxygens (including phenoxy) is 1. The maximum atomic E-state index is 5.90. The van der Waals surface area contributed by atoms with Crippen molar-refractivity contribution in [1.82, 2.24) is 24.6 Å². The number of hydrogen-bond acceptors (Lipinski definition) is 7. The molecule has 0 atom stereocenters. The molecule has 1 aliphatic heterocycles. The van der Waals surface area contributed by atoms with Gasteiger partial charge in [0.15, 0.2) is 5.65 Å². The van der Waals surface area contributed by atoms with Gasteiger partial charge in [-0.1, -0.05) is 12.1 Å². The van der Waals surface area contributed by atoms with E-state index in [0.717, 1.165) is 61.7 Å². The van der Waals surface area contributed by atoms with Crippen LogP contribution in [0.5, 0.6) is 0 Å². The lowest BCUT2D eigenvalue weighted by molar-refractivity contribution is 0.0398. The minimum absolute atomic E-state index is 0.618. The zero-order valence-corrected chi connectivity index (χ0v) is 14.9. The summed E-state index contributed by atoms with van der Waals surface area (Å²) in [5.41, 5.74) is 9.22. The molecule has 3 N–H and O–H groups in total. The molecule has 8 heteroatoms. The Hall–Kier alpha value is -2.71. The van der Waals surface area contributed by atoms with Crippen molar-refractivity contribution in [3.8, 4) is 11.3 Å². The lowest BCUT2D eigenvalue weighted by Crippen LogP contribution is -2.39. The van der Waals surface area contributed by atoms with E-state index in [9.17, 15) is 0 Å². The molecule has 0 saturated carbocycles. The van der Waals surface area contributed by atoms with Crippen molar-refractivity contribution in [2.45, 2.75) is 0 Å². The summed E-state index contributed by atoms with van der Waals surface area (Å²) in [6, 6.07) is 7.69. The predicted molar refractivity (Wildman–Crippen MR) is 102 cm³/mol. The number of aryl methyl sites for hydroxylation is 1. The highest BCUT2D eigenvalue weighted by molar-refractivity contribution is 5.91. The van der Waals surface area contributed by atoms with Gasteiger partial charge in [-0.15, -0.1) is 0 Å². The van der Waals surface area contributed by atoms with Gasteiger partial charge in [-0.25, -0.2) is 9.67 Å². The molecule has 3 aromatic rings. The lowest BCUT2D eigenvalue weighted by Gasteiger charge is -2.26. The first-order chi connectivity index (χ1) is 12.7. The van der Waals surface area contributed by atoms with E-state index in [1.165, 1.54) is 0 Å². The van der Waals surface area contributed by atoms with Crippen LogP contribution in [0.2, 0.25) is 0 Å². The van der Waals surface area contributed by atoms with E-state index in [-0.39, 0.29) is 0 Å². The van der Waals surface area contributed by atoms with Crippen molar-refractivity contribution in [2.75, 3.05) is 50.4 Å². The van der Waals surface area contributed by atoms with Gasteiger partial charge in [0.05, 0.1) is 18.6 Å². The summed E-state index contributed by atoms with van der Waals surface area (Å²) in [5.74, 6) is 0.618. The number of nitrogens with two attached hydrogens (primary N) is 1. The Morgan fingerprint density at radius 3 is 2.92 bits per heavy atom. The number of benzene rings is 1. The van der Waals surface area contributed by atoms with Crippen molar-refractivity contribution in [1.29, 1.82) is 0 Å². The van der Waals surface area contributed by atoms with Gasteiger partial charge >= 0.3 is 0 Å². The summed E-state index contributed by atoms with van der Waals surface area (Å²) in [6.45, 7) is 5.32. The number of nitrogens with zero attached hydrogens (tertiary/aromatic N) is 5. The normalized spacial score (nSPS) is 15.4. The molecule has 1 aliphatic rings. The van der Waals surface area contributed by atoms with E-state index in [0.29, 0.717) is 11.6 Å². The third kappa shape index (κ3) is 3.47. The van der Waals surface area contributed by atoms with Gasteiger partial charge in [0, 0.05) is 50.7 Å². The standard InChI is InChI=1S/C18H23N7O/c1-24-17-15(16(23-24)13-3-2-4-14(19)11-13)12-21-18(22-17)20-5-6-25-7-9-26-10-8-25/h2-4,11-12H,5-10,19H2,1H3,(H,20,21,22). The largest absolute Gasteiger partial charge is 0.399 e. The van der Waals surface area contributed by atoms with E-state index in [1.54, 1.807) is 4.68 Å². The fourth-order valence-electron chi connectivity index (χ4n) is 3.17. The van der Waals surface area contributed by atoms with Gasteiger partial charge in [-0.3, -0.25) is 4.90 Å². The smallest absolute Gasteiger partial charge is 0.224 e. The zero-order chi connectivity index (χ0) is 17.9. The summed E-state index contributed by atoms with van der Waals surface area (Å²) in [5, 5.41) is 8.82. The van der Waals surface area contributed by atoms with Gasteiger partial charge in [-0.2, -0.15) is 10.1 Å². The van der Waals surface area contributed by atoms with Gasteiger partial charge in [0.2, 0.25) is 5.95 Å². The van der Waals surface area contributed by atoms with Gasteiger partial charge < -0.3 is 15.8 Å². The molecular weight excluding hydrogens is 330 g/mol. The quantitative estimate of drug-likeness (QED) is 0.669. The molecule has 0 aliphatic carbocycles. The number of hydrogen-bond donors (Lipinski definition) is 2. The number of rotatable bonds is 5. The number of morpholine rings is 1. The van der Waals surface area contributed by atoms with E-state index in [2.05, 4.69) is 25.3 Å². The fourth-order valence-corrected chi connectivity index (χ4v) is 3.17. The molecule has 0 radical (unpaired) electrons. The minimum Gasteiger partial charge on any atom is -0.399 e. The van der Waals surface area contributed by atoms with Gasteiger partial charge in [0.25, 0.3) is 0 Å². The summed E-state index contributed by atoms with van der Waals surface area (Å²) < 4.78 is 7.15. The van der Waals surface area contributed by atoms with Crippen LogP contribution in [0.25, 0.3) is 22.3 Å². The number of anilines is 2. The fraction of sp³-hybridized carbons (Fsp3) is 0.389. The van der Waals surface area contributed by atoms with Crippen LogP contribution in [0.3, 0.4) is 0 Å². The third-order valence-corrected chi connectivity index (χ3v) is 4.56. The Bertz CT molecular complexity index is 902. The highest BCUT2D eigenvalue weighted by Gasteiger charge is 2.14. The second-order valence-corrected chi connectivity index (χ2v) is 6.41. The van der Waals surface area contributed by atoms with Crippen LogP contribution >= 0.6 is 0 Å². The van der Waals surface area contributed by atoms with E-state index >= 15 is 0 Å². The monoisotopic (exact) mass is 353 g/mol. The lowest BCUT2D eigenvalue weighted by atomic mass is 10.1. The van der Waals surface area contributed by atoms with Crippen LogP contribution in [-0.2, 0) is 11.8 Å². The average molecular weight is 353 g/mol. The molecule has 0 amide bonds. The maximum Gasteiger partial charge on any atom is 0.224 e. The van der Waals surface area contributed by atoms with Crippen molar-refractivity contribution in [3.63, 3.8) is 0 Å². The van der Waals surface area contributed by atoms with E-state index in [4.69, 9.17) is 10.5 Å². The van der Waals surface area contributed by atoms with Crippen LogP contribution in [0.4, 0.5) is 11.6 Å². The Kier molecular flexibility index (Phi) is 4.68. The SMILES string of the molecule is Cn1nc(-c2cccc(N)c2)c2cnc(NCCN3CCOCC3)nc21. The molecule has 0 spiro atoms. The number of nitrogens with one attached hydrogen (secondary N) is 1. The molecule has 3 heterocycles. The predicted octanol–water partition coefficient (Wildman–Crippen LogP) is 1.36. The van der Waals surface area contributed by atoms with Crippen LogP contribution in [0.15, 0.2) is 30.5 Å². The first-order valence-corrected chi connectivity index (χ1v) is 8.80. The molecule has 4 rings (SSSR count). The maximum absolute atomic E-state index is 5.90. The Morgan fingerprint density at radius 1 is 1.27 bits per heavy atom. The number of nitrogen functional groups attached to an aromatic ring is 1. The third-order valence-electron chi connectivity index (χ3n) is 4.56.